The van der Waals surface area contributed by atoms with Crippen molar-refractivity contribution in [2.75, 3.05) is 33.4 Å². The van der Waals surface area contributed by atoms with Crippen LogP contribution in [0, 0.1) is 0 Å². The fourth-order valence-electron chi connectivity index (χ4n) is 2.02. The van der Waals surface area contributed by atoms with Gasteiger partial charge in [-0.05, 0) is 30.7 Å². The van der Waals surface area contributed by atoms with E-state index < -0.39 is 6.10 Å². The predicted octanol–water partition coefficient (Wildman–Crippen LogP) is 1.82. The summed E-state index contributed by atoms with van der Waals surface area (Å²) in [7, 11) is 1.62. The molecule has 1 aromatic carbocycles. The van der Waals surface area contributed by atoms with Gasteiger partial charge in [0.1, 0.15) is 5.75 Å². The number of rotatable bonds is 9. The lowest BCUT2D eigenvalue weighted by Gasteiger charge is -2.24. The van der Waals surface area contributed by atoms with E-state index in [0.717, 1.165) is 30.7 Å². The first kappa shape index (κ1) is 16.0. The van der Waals surface area contributed by atoms with Gasteiger partial charge in [-0.3, -0.25) is 4.90 Å². The van der Waals surface area contributed by atoms with Crippen LogP contribution in [0.1, 0.15) is 31.4 Å². The quantitative estimate of drug-likeness (QED) is 0.716. The summed E-state index contributed by atoms with van der Waals surface area (Å²) < 4.78 is 5.16. The number of nitrogens with zero attached hydrogens (tertiary/aromatic N) is 1. The second-order valence-electron chi connectivity index (χ2n) is 4.67. The Morgan fingerprint density at radius 3 is 2.74 bits per heavy atom. The maximum atomic E-state index is 10.3. The molecule has 4 nitrogen and oxygen atoms in total. The Kier molecular flexibility index (Phi) is 7.48. The van der Waals surface area contributed by atoms with Gasteiger partial charge in [0.25, 0.3) is 0 Å². The van der Waals surface area contributed by atoms with E-state index in [1.165, 1.54) is 0 Å². The zero-order valence-corrected chi connectivity index (χ0v) is 11.9. The van der Waals surface area contributed by atoms with Crippen molar-refractivity contribution in [3.63, 3.8) is 0 Å². The van der Waals surface area contributed by atoms with Gasteiger partial charge < -0.3 is 14.9 Å². The van der Waals surface area contributed by atoms with E-state index in [0.29, 0.717) is 13.1 Å². The van der Waals surface area contributed by atoms with Crippen LogP contribution in [0.25, 0.3) is 0 Å². The number of ether oxygens (including phenoxy) is 1. The molecule has 0 amide bonds. The van der Waals surface area contributed by atoms with Crippen molar-refractivity contribution in [1.82, 2.24) is 4.90 Å². The maximum Gasteiger partial charge on any atom is 0.119 e. The van der Waals surface area contributed by atoms with E-state index in [2.05, 4.69) is 11.8 Å². The summed E-state index contributed by atoms with van der Waals surface area (Å²) in [6, 6.07) is 7.48. The van der Waals surface area contributed by atoms with E-state index >= 15 is 0 Å². The number of methoxy groups -OCH3 is 1. The summed E-state index contributed by atoms with van der Waals surface area (Å²) in [5, 5.41) is 19.3. The van der Waals surface area contributed by atoms with Crippen LogP contribution in [0.15, 0.2) is 24.3 Å². The number of aliphatic hydroxyl groups is 2. The van der Waals surface area contributed by atoms with Crippen LogP contribution in [0.3, 0.4) is 0 Å². The molecule has 0 saturated carbocycles. The number of aliphatic hydroxyl groups excluding tert-OH is 2. The molecule has 0 saturated heterocycles. The highest BCUT2D eigenvalue weighted by molar-refractivity contribution is 5.29. The Morgan fingerprint density at radius 1 is 1.32 bits per heavy atom. The molecule has 0 fully saturated rings. The van der Waals surface area contributed by atoms with Crippen LogP contribution in [0.4, 0.5) is 0 Å². The van der Waals surface area contributed by atoms with Gasteiger partial charge in [0, 0.05) is 13.1 Å². The number of benzene rings is 1. The molecular weight excluding hydrogens is 242 g/mol. The summed E-state index contributed by atoms with van der Waals surface area (Å²) in [4.78, 5) is 2.09. The molecule has 1 rings (SSSR count). The lowest BCUT2D eigenvalue weighted by molar-refractivity contribution is 0.0987. The minimum Gasteiger partial charge on any atom is -0.497 e. The Balaban J connectivity index is 2.61. The molecule has 108 valence electrons. The molecule has 4 heteroatoms. The highest BCUT2D eigenvalue weighted by Gasteiger charge is 2.13. The second-order valence-corrected chi connectivity index (χ2v) is 4.67. The third-order valence-electron chi connectivity index (χ3n) is 3.15. The van der Waals surface area contributed by atoms with E-state index in [9.17, 15) is 5.11 Å². The third kappa shape index (κ3) is 5.59. The van der Waals surface area contributed by atoms with Crippen molar-refractivity contribution < 1.29 is 14.9 Å². The van der Waals surface area contributed by atoms with Gasteiger partial charge in [-0.1, -0.05) is 25.5 Å². The summed E-state index contributed by atoms with van der Waals surface area (Å²) >= 11 is 0. The van der Waals surface area contributed by atoms with Gasteiger partial charge in [0.05, 0.1) is 19.8 Å². The van der Waals surface area contributed by atoms with Crippen molar-refractivity contribution in [2.45, 2.75) is 25.9 Å². The standard InChI is InChI=1S/C15H25NO3/c1-3-4-8-16(9-10-17)12-15(18)13-6-5-7-14(11-13)19-2/h5-7,11,15,17-18H,3-4,8-10,12H2,1-2H3. The minimum absolute atomic E-state index is 0.120. The Hall–Kier alpha value is -1.10. The number of hydrogen-bond acceptors (Lipinski definition) is 4. The van der Waals surface area contributed by atoms with Gasteiger partial charge in [0.2, 0.25) is 0 Å². The first-order valence-corrected chi connectivity index (χ1v) is 6.86. The van der Waals surface area contributed by atoms with Gasteiger partial charge in [-0.25, -0.2) is 0 Å². The molecule has 0 radical (unpaired) electrons. The molecule has 2 N–H and O–H groups in total. The van der Waals surface area contributed by atoms with Gasteiger partial charge in [0.15, 0.2) is 0 Å². The average Bonchev–Trinajstić information content (AvgIpc) is 2.45. The van der Waals surface area contributed by atoms with Crippen molar-refractivity contribution in [1.29, 1.82) is 0 Å². The fourth-order valence-corrected chi connectivity index (χ4v) is 2.02. The molecule has 1 atom stereocenters. The smallest absolute Gasteiger partial charge is 0.119 e. The Labute approximate surface area is 115 Å². The summed E-state index contributed by atoms with van der Waals surface area (Å²) in [6.07, 6.45) is 1.63. The number of hydrogen-bond donors (Lipinski definition) is 2. The average molecular weight is 267 g/mol. The normalized spacial score (nSPS) is 12.7. The van der Waals surface area contributed by atoms with Crippen molar-refractivity contribution in [3.05, 3.63) is 29.8 Å². The van der Waals surface area contributed by atoms with Crippen LogP contribution >= 0.6 is 0 Å². The Bertz CT molecular complexity index is 357. The van der Waals surface area contributed by atoms with E-state index in [1.807, 2.05) is 24.3 Å². The molecule has 0 aliphatic carbocycles. The largest absolute Gasteiger partial charge is 0.497 e. The van der Waals surface area contributed by atoms with Gasteiger partial charge >= 0.3 is 0 Å². The molecule has 0 aliphatic heterocycles. The molecule has 0 spiro atoms. The topological polar surface area (TPSA) is 52.9 Å². The van der Waals surface area contributed by atoms with Gasteiger partial charge in [-0.15, -0.1) is 0 Å². The van der Waals surface area contributed by atoms with Crippen molar-refractivity contribution >= 4 is 0 Å². The lowest BCUT2D eigenvalue weighted by atomic mass is 10.1. The van der Waals surface area contributed by atoms with E-state index in [1.54, 1.807) is 7.11 Å². The summed E-state index contributed by atoms with van der Waals surface area (Å²) in [5.74, 6) is 0.749. The minimum atomic E-state index is -0.557. The highest BCUT2D eigenvalue weighted by Crippen LogP contribution is 2.20. The summed E-state index contributed by atoms with van der Waals surface area (Å²) in [5.41, 5.74) is 0.846. The monoisotopic (exact) mass is 267 g/mol. The second kappa shape index (κ2) is 8.91. The van der Waals surface area contributed by atoms with Gasteiger partial charge in [-0.2, -0.15) is 0 Å². The molecule has 0 heterocycles. The first-order valence-electron chi connectivity index (χ1n) is 6.86. The molecule has 1 unspecified atom stereocenters. The first-order chi connectivity index (χ1) is 9.21. The van der Waals surface area contributed by atoms with Crippen LogP contribution < -0.4 is 4.74 Å². The highest BCUT2D eigenvalue weighted by atomic mass is 16.5. The van der Waals surface area contributed by atoms with E-state index in [-0.39, 0.29) is 6.61 Å². The van der Waals surface area contributed by atoms with Crippen LogP contribution in [-0.2, 0) is 0 Å². The fraction of sp³-hybridized carbons (Fsp3) is 0.600. The molecular formula is C15H25NO3. The van der Waals surface area contributed by atoms with Crippen LogP contribution in [0.5, 0.6) is 5.75 Å². The van der Waals surface area contributed by atoms with Crippen molar-refractivity contribution in [2.24, 2.45) is 0 Å². The van der Waals surface area contributed by atoms with Crippen LogP contribution in [0.2, 0.25) is 0 Å². The number of unbranched alkanes of at least 4 members (excludes halogenated alkanes) is 1. The molecule has 0 bridgehead atoms. The predicted molar refractivity (Wildman–Crippen MR) is 76.4 cm³/mol. The van der Waals surface area contributed by atoms with Crippen molar-refractivity contribution in [3.8, 4) is 5.75 Å². The SMILES string of the molecule is CCCCN(CCO)CC(O)c1cccc(OC)c1. The molecule has 19 heavy (non-hydrogen) atoms. The van der Waals surface area contributed by atoms with Crippen LogP contribution in [-0.4, -0.2) is 48.5 Å². The lowest BCUT2D eigenvalue weighted by Crippen LogP contribution is -2.32. The van der Waals surface area contributed by atoms with E-state index in [4.69, 9.17) is 9.84 Å². The zero-order valence-electron chi connectivity index (χ0n) is 11.9. The Morgan fingerprint density at radius 2 is 2.11 bits per heavy atom. The third-order valence-corrected chi connectivity index (χ3v) is 3.15. The zero-order chi connectivity index (χ0) is 14.1. The molecule has 1 aromatic rings. The maximum absolute atomic E-state index is 10.3. The molecule has 0 aliphatic rings. The summed E-state index contributed by atoms with van der Waals surface area (Å²) in [6.45, 7) is 4.29. The molecule has 0 aromatic heterocycles.